The fraction of sp³-hybridized carbons (Fsp3) is 0.400. The number of nitrogen functional groups attached to an aromatic ring is 1. The van der Waals surface area contributed by atoms with Crippen LogP contribution in [0.2, 0.25) is 5.02 Å². The van der Waals surface area contributed by atoms with Gasteiger partial charge >= 0.3 is 6.03 Å². The minimum atomic E-state index is 0.000270. The van der Waals surface area contributed by atoms with Crippen molar-refractivity contribution in [3.63, 3.8) is 0 Å². The van der Waals surface area contributed by atoms with E-state index in [2.05, 4.69) is 4.98 Å². The van der Waals surface area contributed by atoms with E-state index in [9.17, 15) is 4.79 Å². The predicted octanol–water partition coefficient (Wildman–Crippen LogP) is 1.18. The Morgan fingerprint density at radius 2 is 2.25 bits per heavy atom. The topological polar surface area (TPSA) is 62.5 Å². The van der Waals surface area contributed by atoms with E-state index in [1.54, 1.807) is 29.0 Å². The highest BCUT2D eigenvalue weighted by Crippen LogP contribution is 2.19. The Hall–Kier alpha value is -1.49. The number of carbonyl (C=O) groups excluding carboxylic acids is 1. The summed E-state index contributed by atoms with van der Waals surface area (Å²) >= 11 is 5.99. The minimum absolute atomic E-state index is 0.000270. The molecule has 1 saturated heterocycles. The largest absolute Gasteiger partial charge is 0.384 e. The van der Waals surface area contributed by atoms with Gasteiger partial charge in [0.25, 0.3) is 0 Å². The van der Waals surface area contributed by atoms with Crippen molar-refractivity contribution >= 4 is 23.4 Å². The van der Waals surface area contributed by atoms with Crippen LogP contribution in [0.15, 0.2) is 12.1 Å². The van der Waals surface area contributed by atoms with Gasteiger partial charge in [0, 0.05) is 20.1 Å². The monoisotopic (exact) mass is 240 g/mol. The summed E-state index contributed by atoms with van der Waals surface area (Å²) in [5, 5.41) is 0.538. The highest BCUT2D eigenvalue weighted by Gasteiger charge is 2.26. The standard InChI is InChI=1S/C10H13ClN4O/c1-14-4-5-15(10(14)16)6-8-7(11)2-3-9(12)13-8/h2-3H,4-6H2,1H3,(H2,12,13). The first-order valence-electron chi connectivity index (χ1n) is 4.99. The van der Waals surface area contributed by atoms with E-state index in [0.717, 1.165) is 6.54 Å². The van der Waals surface area contributed by atoms with Gasteiger partial charge in [-0.3, -0.25) is 0 Å². The Kier molecular flexibility index (Phi) is 2.87. The first kappa shape index (κ1) is 11.0. The first-order valence-corrected chi connectivity index (χ1v) is 5.36. The fourth-order valence-corrected chi connectivity index (χ4v) is 1.81. The number of aromatic nitrogens is 1. The normalized spacial score (nSPS) is 16.0. The zero-order valence-electron chi connectivity index (χ0n) is 8.98. The molecular weight excluding hydrogens is 228 g/mol. The molecule has 2 N–H and O–H groups in total. The summed E-state index contributed by atoms with van der Waals surface area (Å²) in [5.74, 6) is 0.416. The number of hydrogen-bond donors (Lipinski definition) is 1. The molecule has 1 aromatic rings. The van der Waals surface area contributed by atoms with Crippen molar-refractivity contribution < 1.29 is 4.79 Å². The molecule has 16 heavy (non-hydrogen) atoms. The van der Waals surface area contributed by atoms with Gasteiger partial charge in [0.2, 0.25) is 0 Å². The molecule has 0 radical (unpaired) electrons. The molecule has 1 aliphatic rings. The lowest BCUT2D eigenvalue weighted by molar-refractivity contribution is 0.196. The SMILES string of the molecule is CN1CCN(Cc2nc(N)ccc2Cl)C1=O. The molecule has 0 bridgehead atoms. The van der Waals surface area contributed by atoms with Crippen LogP contribution in [0.3, 0.4) is 0 Å². The lowest BCUT2D eigenvalue weighted by atomic mass is 10.3. The molecule has 0 spiro atoms. The van der Waals surface area contributed by atoms with E-state index in [-0.39, 0.29) is 6.03 Å². The molecule has 1 aliphatic heterocycles. The number of urea groups is 1. The molecule has 2 rings (SSSR count). The van der Waals surface area contributed by atoms with Crippen molar-refractivity contribution in [1.82, 2.24) is 14.8 Å². The minimum Gasteiger partial charge on any atom is -0.384 e. The van der Waals surface area contributed by atoms with Gasteiger partial charge in [-0.05, 0) is 12.1 Å². The quantitative estimate of drug-likeness (QED) is 0.845. The number of amides is 2. The van der Waals surface area contributed by atoms with Crippen LogP contribution in [0.5, 0.6) is 0 Å². The summed E-state index contributed by atoms with van der Waals surface area (Å²) in [6.45, 7) is 1.84. The molecule has 0 unspecified atom stereocenters. The molecule has 2 amide bonds. The van der Waals surface area contributed by atoms with Gasteiger partial charge in [0.05, 0.1) is 17.3 Å². The van der Waals surface area contributed by atoms with Crippen molar-refractivity contribution in [2.24, 2.45) is 0 Å². The van der Waals surface area contributed by atoms with Crippen LogP contribution in [0.1, 0.15) is 5.69 Å². The molecule has 0 atom stereocenters. The first-order chi connectivity index (χ1) is 7.58. The zero-order chi connectivity index (χ0) is 11.7. The molecule has 86 valence electrons. The van der Waals surface area contributed by atoms with Gasteiger partial charge in [0.1, 0.15) is 5.82 Å². The van der Waals surface area contributed by atoms with Crippen molar-refractivity contribution in [3.8, 4) is 0 Å². The van der Waals surface area contributed by atoms with Crippen molar-refractivity contribution in [1.29, 1.82) is 0 Å². The van der Waals surface area contributed by atoms with Crippen LogP contribution in [-0.4, -0.2) is 41.0 Å². The predicted molar refractivity (Wildman–Crippen MR) is 62.1 cm³/mol. The molecule has 1 fully saturated rings. The van der Waals surface area contributed by atoms with Crippen LogP contribution < -0.4 is 5.73 Å². The molecule has 5 nitrogen and oxygen atoms in total. The maximum atomic E-state index is 11.7. The third kappa shape index (κ3) is 2.04. The smallest absolute Gasteiger partial charge is 0.320 e. The van der Waals surface area contributed by atoms with E-state index < -0.39 is 0 Å². The number of rotatable bonds is 2. The Balaban J connectivity index is 2.15. The zero-order valence-corrected chi connectivity index (χ0v) is 9.74. The summed E-state index contributed by atoms with van der Waals surface area (Å²) in [5.41, 5.74) is 6.22. The second-order valence-corrected chi connectivity index (χ2v) is 4.20. The van der Waals surface area contributed by atoms with Crippen LogP contribution in [0.25, 0.3) is 0 Å². The van der Waals surface area contributed by atoms with Gasteiger partial charge < -0.3 is 15.5 Å². The van der Waals surface area contributed by atoms with Crippen molar-refractivity contribution in [2.45, 2.75) is 6.54 Å². The number of anilines is 1. The molecule has 0 saturated carbocycles. The number of likely N-dealkylation sites (N-methyl/N-ethyl adjacent to an activating group) is 1. The van der Waals surface area contributed by atoms with E-state index >= 15 is 0 Å². The summed E-state index contributed by atoms with van der Waals surface area (Å²) in [4.78, 5) is 19.2. The number of nitrogens with zero attached hydrogens (tertiary/aromatic N) is 3. The van der Waals surface area contributed by atoms with Crippen LogP contribution in [0.4, 0.5) is 10.6 Å². The van der Waals surface area contributed by atoms with E-state index in [1.165, 1.54) is 0 Å². The second-order valence-electron chi connectivity index (χ2n) is 3.79. The van der Waals surface area contributed by atoms with Crippen LogP contribution in [0, 0.1) is 0 Å². The maximum absolute atomic E-state index is 11.7. The summed E-state index contributed by atoms with van der Waals surface area (Å²) < 4.78 is 0. The van der Waals surface area contributed by atoms with E-state index in [4.69, 9.17) is 17.3 Å². The summed E-state index contributed by atoms with van der Waals surface area (Å²) in [7, 11) is 1.77. The molecule has 2 heterocycles. The van der Waals surface area contributed by atoms with Crippen LogP contribution in [-0.2, 0) is 6.54 Å². The van der Waals surface area contributed by atoms with Gasteiger partial charge in [0.15, 0.2) is 0 Å². The molecule has 0 aromatic carbocycles. The van der Waals surface area contributed by atoms with E-state index in [0.29, 0.717) is 29.6 Å². The number of hydrogen-bond acceptors (Lipinski definition) is 3. The summed E-state index contributed by atoms with van der Waals surface area (Å²) in [6, 6.07) is 3.34. The Morgan fingerprint density at radius 1 is 1.50 bits per heavy atom. The average molecular weight is 241 g/mol. The van der Waals surface area contributed by atoms with E-state index in [1.807, 2.05) is 0 Å². The highest BCUT2D eigenvalue weighted by atomic mass is 35.5. The third-order valence-electron chi connectivity index (χ3n) is 2.58. The number of carbonyl (C=O) groups is 1. The van der Waals surface area contributed by atoms with Gasteiger partial charge in [-0.2, -0.15) is 0 Å². The van der Waals surface area contributed by atoms with Crippen molar-refractivity contribution in [2.75, 3.05) is 25.9 Å². The Morgan fingerprint density at radius 3 is 2.88 bits per heavy atom. The highest BCUT2D eigenvalue weighted by molar-refractivity contribution is 6.31. The lowest BCUT2D eigenvalue weighted by Gasteiger charge is -2.16. The molecular formula is C10H13ClN4O. The van der Waals surface area contributed by atoms with Crippen molar-refractivity contribution in [3.05, 3.63) is 22.8 Å². The third-order valence-corrected chi connectivity index (χ3v) is 2.93. The number of pyridine rings is 1. The van der Waals surface area contributed by atoms with Gasteiger partial charge in [-0.15, -0.1) is 0 Å². The molecule has 0 aliphatic carbocycles. The van der Waals surface area contributed by atoms with Crippen LogP contribution >= 0.6 is 11.6 Å². The fourth-order valence-electron chi connectivity index (χ4n) is 1.64. The molecule has 6 heteroatoms. The Labute approximate surface area is 98.8 Å². The second kappa shape index (κ2) is 4.17. The van der Waals surface area contributed by atoms with Gasteiger partial charge in [-0.25, -0.2) is 9.78 Å². The summed E-state index contributed by atoms with van der Waals surface area (Å²) in [6.07, 6.45) is 0. The Bertz CT molecular complexity index is 423. The van der Waals surface area contributed by atoms with Gasteiger partial charge in [-0.1, -0.05) is 11.6 Å². The number of halogens is 1. The lowest BCUT2D eigenvalue weighted by Crippen LogP contribution is -2.29. The average Bonchev–Trinajstić information content (AvgIpc) is 2.55. The number of nitrogens with two attached hydrogens (primary N) is 1. The maximum Gasteiger partial charge on any atom is 0.320 e. The molecule has 1 aromatic heterocycles.